The van der Waals surface area contributed by atoms with Crippen LogP contribution in [0.5, 0.6) is 0 Å². The Balaban J connectivity index is 1.95. The fourth-order valence-corrected chi connectivity index (χ4v) is 3.53. The predicted octanol–water partition coefficient (Wildman–Crippen LogP) is 1.16. The number of rotatable bonds is 5. The van der Waals surface area contributed by atoms with Crippen LogP contribution in [0.3, 0.4) is 0 Å². The average molecular weight is 364 g/mol. The number of carbonyl (C=O) groups is 3. The van der Waals surface area contributed by atoms with E-state index in [9.17, 15) is 14.4 Å². The second-order valence-electron chi connectivity index (χ2n) is 5.85. The van der Waals surface area contributed by atoms with Gasteiger partial charge in [-0.2, -0.15) is 0 Å². The predicted molar refractivity (Wildman–Crippen MR) is 96.4 cm³/mol. The molecular weight excluding hydrogens is 340 g/mol. The molecular formula is C17H24N4O3S. The van der Waals surface area contributed by atoms with Crippen LogP contribution in [-0.4, -0.2) is 76.7 Å². The van der Waals surface area contributed by atoms with Crippen molar-refractivity contribution in [3.05, 3.63) is 28.7 Å². The molecule has 1 aliphatic rings. The third kappa shape index (κ3) is 4.66. The molecule has 0 unspecified atom stereocenters. The zero-order valence-electron chi connectivity index (χ0n) is 14.7. The van der Waals surface area contributed by atoms with Gasteiger partial charge in [0.05, 0.1) is 17.7 Å². The Labute approximate surface area is 151 Å². The van der Waals surface area contributed by atoms with E-state index in [-0.39, 0.29) is 24.3 Å². The second-order valence-corrected chi connectivity index (χ2v) is 6.70. The fourth-order valence-electron chi connectivity index (χ4n) is 2.76. The molecule has 0 radical (unpaired) electrons. The van der Waals surface area contributed by atoms with Gasteiger partial charge >= 0.3 is 0 Å². The summed E-state index contributed by atoms with van der Waals surface area (Å²) < 4.78 is 0. The Kier molecular flexibility index (Phi) is 6.69. The number of aromatic nitrogens is 1. The first-order chi connectivity index (χ1) is 12.0. The van der Waals surface area contributed by atoms with Gasteiger partial charge in [-0.1, -0.05) is 6.58 Å². The smallest absolute Gasteiger partial charge is 0.265 e. The molecule has 1 aliphatic heterocycles. The van der Waals surface area contributed by atoms with Gasteiger partial charge in [-0.15, -0.1) is 11.3 Å². The maximum absolute atomic E-state index is 12.6. The van der Waals surface area contributed by atoms with Crippen LogP contribution >= 0.6 is 11.3 Å². The summed E-state index contributed by atoms with van der Waals surface area (Å²) in [5, 5.41) is 0. The van der Waals surface area contributed by atoms with Crippen LogP contribution in [0.4, 0.5) is 0 Å². The molecule has 2 heterocycles. The number of hydrogen-bond donors (Lipinski definition) is 0. The normalized spacial score (nSPS) is 14.8. The molecule has 1 aromatic rings. The first-order valence-corrected chi connectivity index (χ1v) is 9.24. The van der Waals surface area contributed by atoms with Gasteiger partial charge in [0.25, 0.3) is 5.91 Å². The lowest BCUT2D eigenvalue weighted by Gasteiger charge is -2.25. The Morgan fingerprint density at radius 1 is 1.28 bits per heavy atom. The topological polar surface area (TPSA) is 73.8 Å². The van der Waals surface area contributed by atoms with Crippen LogP contribution in [0.2, 0.25) is 0 Å². The molecule has 1 aromatic heterocycles. The first kappa shape index (κ1) is 19.1. The largest absolute Gasteiger partial charge is 0.339 e. The Bertz CT molecular complexity index is 658. The molecule has 25 heavy (non-hydrogen) atoms. The van der Waals surface area contributed by atoms with Crippen LogP contribution in [0, 0.1) is 6.92 Å². The molecule has 2 rings (SSSR count). The van der Waals surface area contributed by atoms with Gasteiger partial charge < -0.3 is 14.7 Å². The molecule has 1 fully saturated rings. The molecule has 136 valence electrons. The number of amides is 3. The number of nitrogens with zero attached hydrogens (tertiary/aromatic N) is 4. The first-order valence-electron chi connectivity index (χ1n) is 8.36. The maximum Gasteiger partial charge on any atom is 0.265 e. The molecule has 0 spiro atoms. The molecule has 7 nitrogen and oxygen atoms in total. The second kappa shape index (κ2) is 8.75. The van der Waals surface area contributed by atoms with Gasteiger partial charge in [0, 0.05) is 32.7 Å². The number of likely N-dealkylation sites (N-methyl/N-ethyl adjacent to an activating group) is 1. The third-order valence-electron chi connectivity index (χ3n) is 4.27. The van der Waals surface area contributed by atoms with Gasteiger partial charge in [-0.05, 0) is 26.3 Å². The summed E-state index contributed by atoms with van der Waals surface area (Å²) >= 11 is 1.35. The summed E-state index contributed by atoms with van der Waals surface area (Å²) in [6.07, 6.45) is 1.94. The number of thiazole rings is 1. The lowest BCUT2D eigenvalue weighted by atomic mass is 10.3. The Morgan fingerprint density at radius 3 is 2.56 bits per heavy atom. The molecule has 0 bridgehead atoms. The van der Waals surface area contributed by atoms with Crippen molar-refractivity contribution in [2.24, 2.45) is 0 Å². The van der Waals surface area contributed by atoms with Crippen molar-refractivity contribution >= 4 is 29.1 Å². The van der Waals surface area contributed by atoms with E-state index in [1.54, 1.807) is 15.3 Å². The number of aryl methyl sites for hydroxylation is 1. The van der Waals surface area contributed by atoms with E-state index in [4.69, 9.17) is 0 Å². The fraction of sp³-hybridized carbons (Fsp3) is 0.529. The molecule has 1 saturated heterocycles. The van der Waals surface area contributed by atoms with Crippen molar-refractivity contribution < 1.29 is 14.4 Å². The molecule has 0 aliphatic carbocycles. The molecule has 0 aromatic carbocycles. The van der Waals surface area contributed by atoms with Gasteiger partial charge in [-0.3, -0.25) is 14.4 Å². The summed E-state index contributed by atoms with van der Waals surface area (Å²) in [7, 11) is 0. The minimum atomic E-state index is -0.247. The van der Waals surface area contributed by atoms with E-state index in [1.165, 1.54) is 22.3 Å². The standard InChI is InChI=1S/C17H24N4O3S/c1-4-14(22)19(5-2)11-15(23)20-7-6-8-21(10-9-20)17(24)16-13(3)18-12-25-16/h4,12H,1,5-11H2,2-3H3. The summed E-state index contributed by atoms with van der Waals surface area (Å²) in [5.41, 5.74) is 2.42. The highest BCUT2D eigenvalue weighted by Gasteiger charge is 2.25. The van der Waals surface area contributed by atoms with Gasteiger partial charge in [0.1, 0.15) is 4.88 Å². The van der Waals surface area contributed by atoms with Gasteiger partial charge in [0.2, 0.25) is 11.8 Å². The molecule has 0 atom stereocenters. The quantitative estimate of drug-likeness (QED) is 0.735. The minimum Gasteiger partial charge on any atom is -0.339 e. The Hall–Kier alpha value is -2.22. The zero-order chi connectivity index (χ0) is 18.4. The van der Waals surface area contributed by atoms with Crippen molar-refractivity contribution in [3.63, 3.8) is 0 Å². The lowest BCUT2D eigenvalue weighted by Crippen LogP contribution is -2.44. The van der Waals surface area contributed by atoms with E-state index in [0.29, 0.717) is 37.6 Å². The lowest BCUT2D eigenvalue weighted by molar-refractivity contribution is -0.137. The molecule has 0 N–H and O–H groups in total. The summed E-state index contributed by atoms with van der Waals surface area (Å²) in [6.45, 7) is 9.78. The van der Waals surface area contributed by atoms with Crippen LogP contribution in [-0.2, 0) is 9.59 Å². The highest BCUT2D eigenvalue weighted by atomic mass is 32.1. The summed E-state index contributed by atoms with van der Waals surface area (Å²) in [5.74, 6) is -0.366. The van der Waals surface area contributed by atoms with Crippen molar-refractivity contribution in [1.82, 2.24) is 19.7 Å². The van der Waals surface area contributed by atoms with E-state index in [1.807, 2.05) is 13.8 Å². The zero-order valence-corrected chi connectivity index (χ0v) is 15.5. The van der Waals surface area contributed by atoms with Crippen molar-refractivity contribution in [3.8, 4) is 0 Å². The monoisotopic (exact) mass is 364 g/mol. The van der Waals surface area contributed by atoms with Crippen LogP contribution < -0.4 is 0 Å². The number of carbonyl (C=O) groups excluding carboxylic acids is 3. The van der Waals surface area contributed by atoms with Gasteiger partial charge in [0.15, 0.2) is 0 Å². The average Bonchev–Trinajstić information content (AvgIpc) is 2.89. The van der Waals surface area contributed by atoms with Crippen molar-refractivity contribution in [1.29, 1.82) is 0 Å². The molecule has 0 saturated carbocycles. The van der Waals surface area contributed by atoms with Crippen molar-refractivity contribution in [2.75, 3.05) is 39.3 Å². The van der Waals surface area contributed by atoms with E-state index >= 15 is 0 Å². The number of hydrogen-bond acceptors (Lipinski definition) is 5. The SMILES string of the molecule is C=CC(=O)N(CC)CC(=O)N1CCCN(C(=O)c2scnc2C)CC1. The third-order valence-corrected chi connectivity index (χ3v) is 5.19. The van der Waals surface area contributed by atoms with Gasteiger partial charge in [-0.25, -0.2) is 4.98 Å². The van der Waals surface area contributed by atoms with Crippen LogP contribution in [0.1, 0.15) is 28.7 Å². The van der Waals surface area contributed by atoms with Crippen molar-refractivity contribution in [2.45, 2.75) is 20.3 Å². The summed E-state index contributed by atoms with van der Waals surface area (Å²) in [4.78, 5) is 46.5. The molecule has 3 amide bonds. The Morgan fingerprint density at radius 2 is 1.96 bits per heavy atom. The van der Waals surface area contributed by atoms with Crippen LogP contribution in [0.25, 0.3) is 0 Å². The minimum absolute atomic E-state index is 0.0219. The van der Waals surface area contributed by atoms with E-state index in [0.717, 1.165) is 12.1 Å². The van der Waals surface area contributed by atoms with Crippen LogP contribution in [0.15, 0.2) is 18.2 Å². The highest BCUT2D eigenvalue weighted by Crippen LogP contribution is 2.16. The highest BCUT2D eigenvalue weighted by molar-refractivity contribution is 7.11. The van der Waals surface area contributed by atoms with E-state index < -0.39 is 0 Å². The van der Waals surface area contributed by atoms with E-state index in [2.05, 4.69) is 11.6 Å². The molecule has 8 heteroatoms. The summed E-state index contributed by atoms with van der Waals surface area (Å²) in [6, 6.07) is 0. The maximum atomic E-state index is 12.6.